The largest absolute Gasteiger partial charge is 0.355 e. The third kappa shape index (κ3) is 3.02. The molecule has 2 rings (SSSR count). The van der Waals surface area contributed by atoms with E-state index in [4.69, 9.17) is 0 Å². The number of amides is 1. The number of hydrogen-bond acceptors (Lipinski definition) is 6. The van der Waals surface area contributed by atoms with Crippen molar-refractivity contribution in [2.24, 2.45) is 0 Å². The highest BCUT2D eigenvalue weighted by Crippen LogP contribution is 2.19. The lowest BCUT2D eigenvalue weighted by Gasteiger charge is -2.35. The smallest absolute Gasteiger partial charge is 0.287 e. The molecule has 2 heterocycles. The van der Waals surface area contributed by atoms with Crippen LogP contribution in [0.25, 0.3) is 0 Å². The number of likely N-dealkylation sites (N-methyl/N-ethyl adjacent to an activating group) is 1. The number of anilines is 1. The molecule has 1 aromatic heterocycles. The van der Waals surface area contributed by atoms with Gasteiger partial charge in [0, 0.05) is 32.2 Å². The molecule has 108 valence electrons. The van der Waals surface area contributed by atoms with Crippen molar-refractivity contribution in [2.75, 3.05) is 31.1 Å². The Morgan fingerprint density at radius 2 is 2.45 bits per heavy atom. The first-order chi connectivity index (χ1) is 9.63. The maximum Gasteiger partial charge on any atom is 0.287 e. The van der Waals surface area contributed by atoms with Gasteiger partial charge in [0.15, 0.2) is 0 Å². The number of carbonyl (C=O) groups is 1. The molecule has 1 unspecified atom stereocenters. The van der Waals surface area contributed by atoms with Crippen molar-refractivity contribution in [3.05, 3.63) is 28.4 Å². The molecule has 1 aromatic rings. The molecule has 1 amide bonds. The highest BCUT2D eigenvalue weighted by Gasteiger charge is 2.29. The van der Waals surface area contributed by atoms with E-state index in [2.05, 4.69) is 15.6 Å². The van der Waals surface area contributed by atoms with Crippen molar-refractivity contribution >= 4 is 17.4 Å². The average Bonchev–Trinajstić information content (AvgIpc) is 2.47. The van der Waals surface area contributed by atoms with E-state index in [0.717, 1.165) is 6.54 Å². The zero-order valence-corrected chi connectivity index (χ0v) is 11.2. The second-order valence-corrected chi connectivity index (χ2v) is 4.44. The number of piperazine rings is 1. The Kier molecular flexibility index (Phi) is 4.46. The van der Waals surface area contributed by atoms with Gasteiger partial charge < -0.3 is 15.5 Å². The van der Waals surface area contributed by atoms with Crippen LogP contribution in [0.1, 0.15) is 6.92 Å². The monoisotopic (exact) mass is 279 g/mol. The van der Waals surface area contributed by atoms with E-state index >= 15 is 0 Å². The number of rotatable bonds is 4. The lowest BCUT2D eigenvalue weighted by molar-refractivity contribution is -0.385. The number of aromatic nitrogens is 1. The number of pyridine rings is 1. The molecule has 0 radical (unpaired) electrons. The number of nitro groups is 1. The maximum atomic E-state index is 12.0. The Hall–Kier alpha value is -2.22. The summed E-state index contributed by atoms with van der Waals surface area (Å²) in [6.45, 7) is 4.34. The molecule has 1 aliphatic rings. The van der Waals surface area contributed by atoms with Gasteiger partial charge in [-0.15, -0.1) is 0 Å². The Labute approximate surface area is 116 Å². The first-order valence-corrected chi connectivity index (χ1v) is 6.49. The van der Waals surface area contributed by atoms with E-state index in [1.807, 2.05) is 11.8 Å². The first-order valence-electron chi connectivity index (χ1n) is 6.49. The minimum atomic E-state index is -0.490. The summed E-state index contributed by atoms with van der Waals surface area (Å²) in [4.78, 5) is 28.1. The van der Waals surface area contributed by atoms with Crippen molar-refractivity contribution in [1.29, 1.82) is 0 Å². The van der Waals surface area contributed by atoms with Gasteiger partial charge in [-0.2, -0.15) is 0 Å². The molecule has 1 fully saturated rings. The van der Waals surface area contributed by atoms with Crippen LogP contribution in [0.5, 0.6) is 0 Å². The number of carbonyl (C=O) groups excluding carboxylic acids is 1. The molecule has 2 N–H and O–H groups in total. The second kappa shape index (κ2) is 6.29. The highest BCUT2D eigenvalue weighted by molar-refractivity contribution is 5.85. The molecule has 8 heteroatoms. The van der Waals surface area contributed by atoms with Crippen molar-refractivity contribution in [3.63, 3.8) is 0 Å². The van der Waals surface area contributed by atoms with Gasteiger partial charge in [0.05, 0.1) is 4.92 Å². The van der Waals surface area contributed by atoms with E-state index in [1.54, 1.807) is 6.07 Å². The van der Waals surface area contributed by atoms with Gasteiger partial charge in [-0.25, -0.2) is 4.98 Å². The van der Waals surface area contributed by atoms with E-state index < -0.39 is 4.92 Å². The fourth-order valence-corrected chi connectivity index (χ4v) is 2.16. The Bertz CT molecular complexity index is 490. The van der Waals surface area contributed by atoms with Crippen LogP contribution in [-0.2, 0) is 4.79 Å². The number of nitrogens with zero attached hydrogens (tertiary/aromatic N) is 3. The molecule has 20 heavy (non-hydrogen) atoms. The summed E-state index contributed by atoms with van der Waals surface area (Å²) in [5, 5.41) is 16.6. The summed E-state index contributed by atoms with van der Waals surface area (Å²) in [6.07, 6.45) is 1.21. The molecule has 0 bridgehead atoms. The van der Waals surface area contributed by atoms with Crippen LogP contribution < -0.4 is 15.5 Å². The van der Waals surface area contributed by atoms with E-state index in [0.29, 0.717) is 25.5 Å². The summed E-state index contributed by atoms with van der Waals surface area (Å²) in [5.74, 6) is 0.508. The molecule has 0 aromatic carbocycles. The fraction of sp³-hybridized carbons (Fsp3) is 0.500. The fourth-order valence-electron chi connectivity index (χ4n) is 2.16. The summed E-state index contributed by atoms with van der Waals surface area (Å²) in [7, 11) is 0. The lowest BCUT2D eigenvalue weighted by Crippen LogP contribution is -2.58. The van der Waals surface area contributed by atoms with Gasteiger partial charge >= 0.3 is 0 Å². The number of hydrogen-bond donors (Lipinski definition) is 2. The zero-order valence-electron chi connectivity index (χ0n) is 11.2. The molecule has 1 atom stereocenters. The summed E-state index contributed by atoms with van der Waals surface area (Å²) in [6, 6.07) is 2.63. The van der Waals surface area contributed by atoms with Crippen molar-refractivity contribution in [3.8, 4) is 0 Å². The van der Waals surface area contributed by atoms with Crippen LogP contribution in [0, 0.1) is 10.1 Å². The van der Waals surface area contributed by atoms with E-state index in [1.165, 1.54) is 12.3 Å². The minimum Gasteiger partial charge on any atom is -0.355 e. The predicted octanol–water partition coefficient (Wildman–Crippen LogP) is -0.0959. The molecular formula is C12H17N5O3. The molecular weight excluding hydrogens is 262 g/mol. The molecule has 1 aliphatic heterocycles. The van der Waals surface area contributed by atoms with Crippen LogP contribution in [0.4, 0.5) is 11.5 Å². The quantitative estimate of drug-likeness (QED) is 0.590. The first kappa shape index (κ1) is 14.2. The molecule has 0 saturated carbocycles. The standard InChI is InChI=1S/C12H17N5O3/c1-2-14-12(18)10-8-13-5-6-16(10)11-4-3-9(7-15-11)17(19)20/h3-4,7,10,13H,2,5-6,8H2,1H3,(H,14,18). The van der Waals surface area contributed by atoms with Gasteiger partial charge in [-0.05, 0) is 13.0 Å². The van der Waals surface area contributed by atoms with Crippen LogP contribution >= 0.6 is 0 Å². The van der Waals surface area contributed by atoms with Crippen molar-refractivity contribution < 1.29 is 9.72 Å². The Balaban J connectivity index is 2.18. The zero-order chi connectivity index (χ0) is 14.5. The van der Waals surface area contributed by atoms with Crippen LogP contribution in [-0.4, -0.2) is 48.0 Å². The highest BCUT2D eigenvalue weighted by atomic mass is 16.6. The van der Waals surface area contributed by atoms with Gasteiger partial charge in [-0.1, -0.05) is 0 Å². The van der Waals surface area contributed by atoms with Crippen LogP contribution in [0.2, 0.25) is 0 Å². The molecule has 0 spiro atoms. The van der Waals surface area contributed by atoms with Gasteiger partial charge in [0.1, 0.15) is 18.1 Å². The molecule has 0 aliphatic carbocycles. The summed E-state index contributed by atoms with van der Waals surface area (Å²) < 4.78 is 0. The van der Waals surface area contributed by atoms with Crippen molar-refractivity contribution in [2.45, 2.75) is 13.0 Å². The predicted molar refractivity (Wildman–Crippen MR) is 73.6 cm³/mol. The minimum absolute atomic E-state index is 0.0570. The Morgan fingerprint density at radius 1 is 1.65 bits per heavy atom. The average molecular weight is 279 g/mol. The third-order valence-electron chi connectivity index (χ3n) is 3.13. The van der Waals surface area contributed by atoms with E-state index in [9.17, 15) is 14.9 Å². The SMILES string of the molecule is CCNC(=O)C1CNCCN1c1ccc([N+](=O)[O-])cn1. The topological polar surface area (TPSA) is 100 Å². The van der Waals surface area contributed by atoms with Gasteiger partial charge in [0.25, 0.3) is 5.69 Å². The normalized spacial score (nSPS) is 18.6. The summed E-state index contributed by atoms with van der Waals surface area (Å²) in [5.41, 5.74) is -0.0570. The van der Waals surface area contributed by atoms with Crippen LogP contribution in [0.3, 0.4) is 0 Å². The maximum absolute atomic E-state index is 12.0. The van der Waals surface area contributed by atoms with Crippen molar-refractivity contribution in [1.82, 2.24) is 15.6 Å². The van der Waals surface area contributed by atoms with Crippen LogP contribution in [0.15, 0.2) is 18.3 Å². The second-order valence-electron chi connectivity index (χ2n) is 4.44. The summed E-state index contributed by atoms with van der Waals surface area (Å²) >= 11 is 0. The van der Waals surface area contributed by atoms with Gasteiger partial charge in [-0.3, -0.25) is 14.9 Å². The van der Waals surface area contributed by atoms with Gasteiger partial charge in [0.2, 0.25) is 5.91 Å². The van der Waals surface area contributed by atoms with E-state index in [-0.39, 0.29) is 17.6 Å². The third-order valence-corrected chi connectivity index (χ3v) is 3.13. The Morgan fingerprint density at radius 3 is 3.05 bits per heavy atom. The number of nitrogens with one attached hydrogen (secondary N) is 2. The lowest BCUT2D eigenvalue weighted by atomic mass is 10.1. The molecule has 1 saturated heterocycles. The molecule has 8 nitrogen and oxygen atoms in total.